The van der Waals surface area contributed by atoms with Crippen LogP contribution in [0, 0.1) is 11.3 Å². The van der Waals surface area contributed by atoms with E-state index in [4.69, 9.17) is 16.1 Å². The van der Waals surface area contributed by atoms with Crippen LogP contribution in [0.25, 0.3) is 0 Å². The molecule has 0 spiro atoms. The van der Waals surface area contributed by atoms with Gasteiger partial charge in [-0.3, -0.25) is 5.41 Å². The maximum Gasteiger partial charge on any atom is 0.224 e. The Labute approximate surface area is 180 Å². The van der Waals surface area contributed by atoms with Crippen LogP contribution in [0.2, 0.25) is 0 Å². The second-order valence-electron chi connectivity index (χ2n) is 8.35. The summed E-state index contributed by atoms with van der Waals surface area (Å²) in [7, 11) is 0. The van der Waals surface area contributed by atoms with Gasteiger partial charge in [0.05, 0.1) is 11.3 Å². The molecule has 0 unspecified atom stereocenters. The molecule has 1 aliphatic carbocycles. The minimum Gasteiger partial charge on any atom is -0.369 e. The molecule has 0 atom stereocenters. The fourth-order valence-corrected chi connectivity index (χ4v) is 3.93. The van der Waals surface area contributed by atoms with Crippen molar-refractivity contribution in [3.8, 4) is 0 Å². The van der Waals surface area contributed by atoms with Crippen molar-refractivity contribution in [2.24, 2.45) is 11.7 Å². The minimum atomic E-state index is 0.352. The van der Waals surface area contributed by atoms with E-state index >= 15 is 0 Å². The number of nitrogens with one attached hydrogen (secondary N) is 3. The third kappa shape index (κ3) is 6.52. The normalized spacial score (nSPS) is 18.7. The summed E-state index contributed by atoms with van der Waals surface area (Å²) in [6, 6.07) is 10.1. The predicted molar refractivity (Wildman–Crippen MR) is 125 cm³/mol. The molecule has 6 nitrogen and oxygen atoms in total. The Bertz CT molecular complexity index is 784. The van der Waals surface area contributed by atoms with Gasteiger partial charge >= 0.3 is 0 Å². The molecule has 1 aromatic heterocycles. The lowest BCUT2D eigenvalue weighted by molar-refractivity contribution is 0.338. The van der Waals surface area contributed by atoms with E-state index in [-0.39, 0.29) is 0 Å². The fourth-order valence-electron chi connectivity index (χ4n) is 3.93. The smallest absolute Gasteiger partial charge is 0.224 e. The zero-order valence-electron chi connectivity index (χ0n) is 18.2. The molecule has 0 radical (unpaired) electrons. The number of nitrogens with two attached hydrogens (primary N) is 1. The summed E-state index contributed by atoms with van der Waals surface area (Å²) >= 11 is 0. The third-order valence-electron chi connectivity index (χ3n) is 5.88. The van der Waals surface area contributed by atoms with Crippen molar-refractivity contribution in [2.45, 2.75) is 64.3 Å². The van der Waals surface area contributed by atoms with E-state index in [1.165, 1.54) is 19.3 Å². The van der Waals surface area contributed by atoms with Gasteiger partial charge in [-0.05, 0) is 38.0 Å². The van der Waals surface area contributed by atoms with Crippen molar-refractivity contribution < 1.29 is 0 Å². The van der Waals surface area contributed by atoms with Gasteiger partial charge in [0.2, 0.25) is 5.95 Å². The molecule has 3 rings (SSSR count). The van der Waals surface area contributed by atoms with Crippen LogP contribution in [0.3, 0.4) is 0 Å². The summed E-state index contributed by atoms with van der Waals surface area (Å²) < 4.78 is 0. The maximum absolute atomic E-state index is 8.69. The molecular formula is C24H36N6. The SMILES string of the molecule is CCCCCCNc1ncc(C(=N)c2ccccc2)c(NCC2CCC(N)CC2)n1. The van der Waals surface area contributed by atoms with Gasteiger partial charge in [-0.2, -0.15) is 4.98 Å². The number of anilines is 2. The molecule has 162 valence electrons. The zero-order chi connectivity index (χ0) is 21.2. The number of aromatic nitrogens is 2. The molecule has 1 fully saturated rings. The molecule has 1 heterocycles. The van der Waals surface area contributed by atoms with Gasteiger partial charge in [-0.25, -0.2) is 4.98 Å². The first-order chi connectivity index (χ1) is 14.7. The second kappa shape index (κ2) is 11.6. The largest absolute Gasteiger partial charge is 0.369 e. The highest BCUT2D eigenvalue weighted by Gasteiger charge is 2.20. The van der Waals surface area contributed by atoms with Gasteiger partial charge in [0.15, 0.2) is 0 Å². The number of unbranched alkanes of at least 4 members (excludes halogenated alkanes) is 3. The highest BCUT2D eigenvalue weighted by Crippen LogP contribution is 2.25. The zero-order valence-corrected chi connectivity index (χ0v) is 18.2. The summed E-state index contributed by atoms with van der Waals surface area (Å²) in [6.45, 7) is 3.94. The number of nitrogens with zero attached hydrogens (tertiary/aromatic N) is 2. The first-order valence-electron chi connectivity index (χ1n) is 11.4. The molecule has 1 aromatic carbocycles. The summed E-state index contributed by atoms with van der Waals surface area (Å²) in [6.07, 6.45) is 11.1. The van der Waals surface area contributed by atoms with Gasteiger partial charge in [0.25, 0.3) is 0 Å². The van der Waals surface area contributed by atoms with E-state index < -0.39 is 0 Å². The molecule has 5 N–H and O–H groups in total. The summed E-state index contributed by atoms with van der Waals surface area (Å²) in [5.74, 6) is 1.97. The fraction of sp³-hybridized carbons (Fsp3) is 0.542. The minimum absolute atomic E-state index is 0.352. The van der Waals surface area contributed by atoms with Gasteiger partial charge in [0.1, 0.15) is 5.82 Å². The second-order valence-corrected chi connectivity index (χ2v) is 8.35. The van der Waals surface area contributed by atoms with Crippen LogP contribution in [0.15, 0.2) is 36.5 Å². The van der Waals surface area contributed by atoms with E-state index in [0.29, 0.717) is 23.6 Å². The van der Waals surface area contributed by atoms with E-state index in [0.717, 1.165) is 62.1 Å². The number of rotatable bonds is 11. The molecule has 1 aliphatic rings. The molecule has 2 aromatic rings. The van der Waals surface area contributed by atoms with Gasteiger partial charge in [-0.1, -0.05) is 56.5 Å². The average Bonchev–Trinajstić information content (AvgIpc) is 2.79. The molecule has 0 amide bonds. The number of benzene rings is 1. The van der Waals surface area contributed by atoms with E-state index in [1.54, 1.807) is 6.20 Å². The van der Waals surface area contributed by atoms with E-state index in [2.05, 4.69) is 22.5 Å². The van der Waals surface area contributed by atoms with Gasteiger partial charge < -0.3 is 16.4 Å². The van der Waals surface area contributed by atoms with Crippen LogP contribution < -0.4 is 16.4 Å². The topological polar surface area (TPSA) is 99.7 Å². The Kier molecular flexibility index (Phi) is 8.63. The first kappa shape index (κ1) is 22.2. The molecule has 30 heavy (non-hydrogen) atoms. The van der Waals surface area contributed by atoms with Crippen molar-refractivity contribution in [3.05, 3.63) is 47.7 Å². The molecule has 1 saturated carbocycles. The summed E-state index contributed by atoms with van der Waals surface area (Å²) in [5, 5.41) is 15.6. The van der Waals surface area contributed by atoms with Crippen molar-refractivity contribution in [1.29, 1.82) is 5.41 Å². The highest BCUT2D eigenvalue weighted by molar-refractivity contribution is 6.13. The molecule has 0 saturated heterocycles. The van der Waals surface area contributed by atoms with Crippen molar-refractivity contribution in [3.63, 3.8) is 0 Å². The molecule has 0 aliphatic heterocycles. The monoisotopic (exact) mass is 408 g/mol. The first-order valence-corrected chi connectivity index (χ1v) is 11.4. The lowest BCUT2D eigenvalue weighted by atomic mass is 9.86. The predicted octanol–water partition coefficient (Wildman–Crippen LogP) is 4.81. The van der Waals surface area contributed by atoms with Crippen LogP contribution in [0.5, 0.6) is 0 Å². The lowest BCUT2D eigenvalue weighted by Gasteiger charge is -2.26. The Morgan fingerprint density at radius 3 is 2.57 bits per heavy atom. The summed E-state index contributed by atoms with van der Waals surface area (Å²) in [4.78, 5) is 9.23. The quantitative estimate of drug-likeness (QED) is 0.316. The molecule has 0 bridgehead atoms. The number of hydrogen-bond acceptors (Lipinski definition) is 6. The third-order valence-corrected chi connectivity index (χ3v) is 5.88. The van der Waals surface area contributed by atoms with Gasteiger partial charge in [-0.15, -0.1) is 0 Å². The van der Waals surface area contributed by atoms with Gasteiger partial charge in [0, 0.05) is 30.9 Å². The molecule has 6 heteroatoms. The summed E-state index contributed by atoms with van der Waals surface area (Å²) in [5.41, 5.74) is 8.10. The maximum atomic E-state index is 8.69. The highest BCUT2D eigenvalue weighted by atomic mass is 15.1. The number of hydrogen-bond donors (Lipinski definition) is 4. The average molecular weight is 409 g/mol. The van der Waals surface area contributed by atoms with Crippen LogP contribution in [0.1, 0.15) is 69.4 Å². The Hall–Kier alpha value is -2.47. The molecular weight excluding hydrogens is 372 g/mol. The lowest BCUT2D eigenvalue weighted by Crippen LogP contribution is -2.29. The van der Waals surface area contributed by atoms with Crippen molar-refractivity contribution in [1.82, 2.24) is 9.97 Å². The van der Waals surface area contributed by atoms with E-state index in [9.17, 15) is 0 Å². The van der Waals surface area contributed by atoms with Crippen molar-refractivity contribution >= 4 is 17.5 Å². The Morgan fingerprint density at radius 2 is 1.83 bits per heavy atom. The standard InChI is InChI=1S/C24H36N6/c1-2-3-4-8-15-27-24-29-17-21(22(26)19-9-6-5-7-10-19)23(30-24)28-16-18-11-13-20(25)14-12-18/h5-7,9-10,17-18,20,26H,2-4,8,11-16,25H2,1H3,(H2,27,28,29,30). The Morgan fingerprint density at radius 1 is 1.07 bits per heavy atom. The van der Waals surface area contributed by atoms with Crippen LogP contribution in [0.4, 0.5) is 11.8 Å². The van der Waals surface area contributed by atoms with Crippen LogP contribution >= 0.6 is 0 Å². The Balaban J connectivity index is 1.70. The van der Waals surface area contributed by atoms with Crippen LogP contribution in [-0.2, 0) is 0 Å². The van der Waals surface area contributed by atoms with Crippen LogP contribution in [-0.4, -0.2) is 34.8 Å². The van der Waals surface area contributed by atoms with Crippen molar-refractivity contribution in [2.75, 3.05) is 23.7 Å². The van der Waals surface area contributed by atoms with E-state index in [1.807, 2.05) is 30.3 Å².